The molecule has 0 radical (unpaired) electrons. The zero-order valence-corrected chi connectivity index (χ0v) is 11.7. The lowest BCUT2D eigenvalue weighted by Gasteiger charge is -2.17. The first-order valence-electron chi connectivity index (χ1n) is 7.49. The van der Waals surface area contributed by atoms with Gasteiger partial charge < -0.3 is 0 Å². The normalized spacial score (nSPS) is 22.1. The number of rotatable bonds is 3. The summed E-state index contributed by atoms with van der Waals surface area (Å²) in [6.07, 6.45) is 5.58. The fraction of sp³-hybridized carbons (Fsp3) is 0.263. The third-order valence-corrected chi connectivity index (χ3v) is 5.05. The van der Waals surface area contributed by atoms with Gasteiger partial charge in [-0.05, 0) is 59.4 Å². The van der Waals surface area contributed by atoms with Gasteiger partial charge in [0.05, 0.1) is 0 Å². The van der Waals surface area contributed by atoms with E-state index in [-0.39, 0.29) is 0 Å². The van der Waals surface area contributed by atoms with Crippen molar-refractivity contribution in [2.24, 2.45) is 0 Å². The molecule has 0 aliphatic heterocycles. The highest BCUT2D eigenvalue weighted by Crippen LogP contribution is 2.53. The molecule has 2 unspecified atom stereocenters. The number of hydrogen-bond donors (Lipinski definition) is 0. The number of carbonyl (C=O) groups excluding carboxylic acids is 2. The molecule has 0 amide bonds. The van der Waals surface area contributed by atoms with Crippen LogP contribution in [0.15, 0.2) is 36.4 Å². The van der Waals surface area contributed by atoms with E-state index in [4.69, 9.17) is 0 Å². The first kappa shape index (κ1) is 12.5. The SMILES string of the molecule is O=Cc1ccc(C=O)c(-c2ccc3c(c2)C2CCC3C2)c1. The van der Waals surface area contributed by atoms with E-state index in [9.17, 15) is 9.59 Å². The molecule has 2 nitrogen and oxygen atoms in total. The van der Waals surface area contributed by atoms with E-state index in [0.717, 1.165) is 29.6 Å². The maximum Gasteiger partial charge on any atom is 0.150 e. The summed E-state index contributed by atoms with van der Waals surface area (Å²) < 4.78 is 0. The molecule has 1 saturated carbocycles. The second-order valence-corrected chi connectivity index (χ2v) is 6.13. The summed E-state index contributed by atoms with van der Waals surface area (Å²) in [5.41, 5.74) is 6.11. The second kappa shape index (κ2) is 4.66. The standard InChI is InChI=1S/C19H16O2/c20-10-12-1-2-16(11-21)18(7-12)15-5-6-17-13-3-4-14(8-13)19(17)9-15/h1-2,5-7,9-11,13-14H,3-4,8H2. The lowest BCUT2D eigenvalue weighted by molar-refractivity contribution is 0.111. The fourth-order valence-electron chi connectivity index (χ4n) is 4.01. The lowest BCUT2D eigenvalue weighted by atomic mass is 9.88. The van der Waals surface area contributed by atoms with Crippen molar-refractivity contribution in [1.82, 2.24) is 0 Å². The number of benzene rings is 2. The van der Waals surface area contributed by atoms with Crippen molar-refractivity contribution in [3.05, 3.63) is 58.7 Å². The van der Waals surface area contributed by atoms with Gasteiger partial charge in [-0.3, -0.25) is 9.59 Å². The molecule has 0 heterocycles. The van der Waals surface area contributed by atoms with Gasteiger partial charge >= 0.3 is 0 Å². The molecule has 2 bridgehead atoms. The fourth-order valence-corrected chi connectivity index (χ4v) is 4.01. The molecule has 0 saturated heterocycles. The molecule has 2 heteroatoms. The van der Waals surface area contributed by atoms with Crippen LogP contribution in [-0.4, -0.2) is 12.6 Å². The van der Waals surface area contributed by atoms with Crippen LogP contribution in [0.2, 0.25) is 0 Å². The van der Waals surface area contributed by atoms with Gasteiger partial charge in [-0.15, -0.1) is 0 Å². The first-order valence-corrected chi connectivity index (χ1v) is 7.49. The van der Waals surface area contributed by atoms with Crippen molar-refractivity contribution in [1.29, 1.82) is 0 Å². The topological polar surface area (TPSA) is 34.1 Å². The van der Waals surface area contributed by atoms with E-state index in [1.165, 1.54) is 30.4 Å². The average Bonchev–Trinajstić information content (AvgIpc) is 3.16. The van der Waals surface area contributed by atoms with Crippen LogP contribution in [0.5, 0.6) is 0 Å². The van der Waals surface area contributed by atoms with Gasteiger partial charge in [0.15, 0.2) is 6.29 Å². The molecular formula is C19H16O2. The summed E-state index contributed by atoms with van der Waals surface area (Å²) in [5, 5.41) is 0. The van der Waals surface area contributed by atoms with Gasteiger partial charge in [0.1, 0.15) is 6.29 Å². The van der Waals surface area contributed by atoms with Crippen molar-refractivity contribution in [3.8, 4) is 11.1 Å². The maximum atomic E-state index is 11.3. The van der Waals surface area contributed by atoms with E-state index in [0.29, 0.717) is 17.0 Å². The highest BCUT2D eigenvalue weighted by atomic mass is 16.1. The van der Waals surface area contributed by atoms with Crippen molar-refractivity contribution in [2.45, 2.75) is 31.1 Å². The van der Waals surface area contributed by atoms with Gasteiger partial charge in [-0.25, -0.2) is 0 Å². The molecular weight excluding hydrogens is 260 g/mol. The molecule has 2 aromatic rings. The van der Waals surface area contributed by atoms with Crippen molar-refractivity contribution in [2.75, 3.05) is 0 Å². The molecule has 104 valence electrons. The van der Waals surface area contributed by atoms with Crippen LogP contribution >= 0.6 is 0 Å². The minimum Gasteiger partial charge on any atom is -0.298 e. The van der Waals surface area contributed by atoms with Gasteiger partial charge in [0.2, 0.25) is 0 Å². The van der Waals surface area contributed by atoms with Gasteiger partial charge in [-0.2, -0.15) is 0 Å². The molecule has 21 heavy (non-hydrogen) atoms. The summed E-state index contributed by atoms with van der Waals surface area (Å²) in [7, 11) is 0. The maximum absolute atomic E-state index is 11.3. The molecule has 4 rings (SSSR count). The minimum absolute atomic E-state index is 0.609. The highest BCUT2D eigenvalue weighted by Gasteiger charge is 2.36. The van der Waals surface area contributed by atoms with Crippen LogP contribution in [-0.2, 0) is 0 Å². The Bertz CT molecular complexity index is 745. The number of aldehydes is 2. The first-order chi connectivity index (χ1) is 10.3. The molecule has 2 aromatic carbocycles. The summed E-state index contributed by atoms with van der Waals surface area (Å²) >= 11 is 0. The average molecular weight is 276 g/mol. The molecule has 2 atom stereocenters. The van der Waals surface area contributed by atoms with Gasteiger partial charge in [-0.1, -0.05) is 30.3 Å². The van der Waals surface area contributed by atoms with Crippen LogP contribution in [0, 0.1) is 0 Å². The van der Waals surface area contributed by atoms with Crippen LogP contribution in [0.1, 0.15) is 62.9 Å². The van der Waals surface area contributed by atoms with Gasteiger partial charge in [0.25, 0.3) is 0 Å². The zero-order chi connectivity index (χ0) is 14.4. The Balaban J connectivity index is 1.86. The Morgan fingerprint density at radius 2 is 1.67 bits per heavy atom. The van der Waals surface area contributed by atoms with E-state index >= 15 is 0 Å². The summed E-state index contributed by atoms with van der Waals surface area (Å²) in [6.45, 7) is 0. The van der Waals surface area contributed by atoms with Crippen molar-refractivity contribution in [3.63, 3.8) is 0 Å². The van der Waals surface area contributed by atoms with E-state index in [1.807, 2.05) is 6.07 Å². The predicted molar refractivity (Wildman–Crippen MR) is 82.0 cm³/mol. The molecule has 2 aliphatic carbocycles. The molecule has 0 aromatic heterocycles. The molecule has 2 aliphatic rings. The lowest BCUT2D eigenvalue weighted by Crippen LogP contribution is -1.99. The minimum atomic E-state index is 0.609. The third kappa shape index (κ3) is 1.86. The Kier molecular flexibility index (Phi) is 2.78. The van der Waals surface area contributed by atoms with E-state index in [1.54, 1.807) is 12.1 Å². The third-order valence-electron chi connectivity index (χ3n) is 5.05. The van der Waals surface area contributed by atoms with Crippen molar-refractivity contribution >= 4 is 12.6 Å². The van der Waals surface area contributed by atoms with E-state index < -0.39 is 0 Å². The van der Waals surface area contributed by atoms with Crippen molar-refractivity contribution < 1.29 is 9.59 Å². The second-order valence-electron chi connectivity index (χ2n) is 6.13. The summed E-state index contributed by atoms with van der Waals surface area (Å²) in [4.78, 5) is 22.3. The zero-order valence-electron chi connectivity index (χ0n) is 11.7. The number of carbonyl (C=O) groups is 2. The van der Waals surface area contributed by atoms with E-state index in [2.05, 4.69) is 18.2 Å². The molecule has 1 fully saturated rings. The number of hydrogen-bond acceptors (Lipinski definition) is 2. The highest BCUT2D eigenvalue weighted by molar-refractivity contribution is 5.91. The monoisotopic (exact) mass is 276 g/mol. The van der Waals surface area contributed by atoms with Crippen LogP contribution in [0.3, 0.4) is 0 Å². The molecule has 0 spiro atoms. The Hall–Kier alpha value is -2.22. The largest absolute Gasteiger partial charge is 0.298 e. The smallest absolute Gasteiger partial charge is 0.150 e. The Labute approximate surface area is 123 Å². The summed E-state index contributed by atoms with van der Waals surface area (Å²) in [5.74, 6) is 1.43. The molecule has 0 N–H and O–H groups in total. The Morgan fingerprint density at radius 1 is 0.857 bits per heavy atom. The van der Waals surface area contributed by atoms with Gasteiger partial charge in [0, 0.05) is 11.1 Å². The predicted octanol–water partition coefficient (Wildman–Crippen LogP) is 4.34. The van der Waals surface area contributed by atoms with Crippen LogP contribution < -0.4 is 0 Å². The Morgan fingerprint density at radius 3 is 2.43 bits per heavy atom. The quantitative estimate of drug-likeness (QED) is 0.781. The van der Waals surface area contributed by atoms with Crippen LogP contribution in [0.4, 0.5) is 0 Å². The van der Waals surface area contributed by atoms with Crippen LogP contribution in [0.25, 0.3) is 11.1 Å². The summed E-state index contributed by atoms with van der Waals surface area (Å²) in [6, 6.07) is 11.8. The number of fused-ring (bicyclic) bond motifs is 5.